The van der Waals surface area contributed by atoms with Crippen molar-refractivity contribution >= 4 is 5.91 Å². The van der Waals surface area contributed by atoms with Crippen molar-refractivity contribution in [3.05, 3.63) is 46.0 Å². The predicted molar refractivity (Wildman–Crippen MR) is 57.3 cm³/mol. The van der Waals surface area contributed by atoms with Gasteiger partial charge in [-0.15, -0.1) is 0 Å². The van der Waals surface area contributed by atoms with E-state index in [-0.39, 0.29) is 17.8 Å². The average Bonchev–Trinajstić information content (AvgIpc) is 2.72. The van der Waals surface area contributed by atoms with Crippen LogP contribution >= 0.6 is 0 Å². The van der Waals surface area contributed by atoms with E-state index in [1.165, 1.54) is 18.2 Å². The van der Waals surface area contributed by atoms with Crippen molar-refractivity contribution in [3.8, 4) is 0 Å². The van der Waals surface area contributed by atoms with E-state index in [2.05, 4.69) is 20.4 Å². The number of amides is 1. The van der Waals surface area contributed by atoms with Gasteiger partial charge in [-0.2, -0.15) is 4.98 Å². The Labute approximate surface area is 95.9 Å². The fourth-order valence-electron chi connectivity index (χ4n) is 1.24. The first kappa shape index (κ1) is 11.1. The predicted octanol–water partition coefficient (Wildman–Crippen LogP) is -0.00368. The summed E-state index contributed by atoms with van der Waals surface area (Å²) in [6.07, 6.45) is 0. The Morgan fingerprint density at radius 1 is 1.53 bits per heavy atom. The van der Waals surface area contributed by atoms with Crippen molar-refractivity contribution in [2.24, 2.45) is 0 Å². The summed E-state index contributed by atoms with van der Waals surface area (Å²) < 4.78 is 4.83. The lowest BCUT2D eigenvalue weighted by Crippen LogP contribution is -2.25. The number of rotatable bonds is 3. The van der Waals surface area contributed by atoms with Gasteiger partial charge in [-0.05, 0) is 13.0 Å². The number of H-pyrrole nitrogens is 1. The number of pyridine rings is 1. The molecule has 2 aromatic rings. The maximum absolute atomic E-state index is 11.6. The van der Waals surface area contributed by atoms with Crippen LogP contribution in [0.15, 0.2) is 27.5 Å². The van der Waals surface area contributed by atoms with E-state index in [9.17, 15) is 9.59 Å². The number of hydrogen-bond donors (Lipinski definition) is 2. The minimum atomic E-state index is -0.404. The maximum Gasteiger partial charge on any atom is 0.268 e. The van der Waals surface area contributed by atoms with Crippen LogP contribution in [0.2, 0.25) is 0 Å². The molecule has 2 N–H and O–H groups in total. The van der Waals surface area contributed by atoms with Gasteiger partial charge in [0.2, 0.25) is 11.4 Å². The number of hydrogen-bond acceptors (Lipinski definition) is 5. The molecule has 0 aliphatic carbocycles. The molecule has 0 aromatic carbocycles. The van der Waals surface area contributed by atoms with Crippen molar-refractivity contribution in [2.45, 2.75) is 13.5 Å². The van der Waals surface area contributed by atoms with Gasteiger partial charge in [0.05, 0.1) is 6.54 Å². The van der Waals surface area contributed by atoms with Gasteiger partial charge < -0.3 is 14.8 Å². The van der Waals surface area contributed by atoms with Gasteiger partial charge in [0, 0.05) is 6.07 Å². The van der Waals surface area contributed by atoms with Crippen LogP contribution in [0.1, 0.15) is 22.2 Å². The molecule has 0 aliphatic rings. The number of nitrogens with zero attached hydrogens (tertiary/aromatic N) is 2. The smallest absolute Gasteiger partial charge is 0.268 e. The normalized spacial score (nSPS) is 10.2. The Bertz CT molecular complexity index is 587. The van der Waals surface area contributed by atoms with Crippen molar-refractivity contribution in [3.63, 3.8) is 0 Å². The second-order valence-corrected chi connectivity index (χ2v) is 3.35. The van der Waals surface area contributed by atoms with Crippen LogP contribution in [0.5, 0.6) is 0 Å². The molecule has 7 nitrogen and oxygen atoms in total. The van der Waals surface area contributed by atoms with Crippen LogP contribution in [0.3, 0.4) is 0 Å². The van der Waals surface area contributed by atoms with E-state index in [0.717, 1.165) is 0 Å². The van der Waals surface area contributed by atoms with Gasteiger partial charge in [0.25, 0.3) is 5.91 Å². The zero-order valence-electron chi connectivity index (χ0n) is 9.06. The number of aromatic amines is 1. The number of carbonyl (C=O) groups excluding carboxylic acids is 1. The standard InChI is InChI=1S/C10H10N4O3/c1-6-12-9(17-14-6)5-11-10(16)7-3-2-4-8(15)13-7/h2-4H,5H2,1H3,(H,11,16)(H,13,15). The molecule has 0 saturated heterocycles. The van der Waals surface area contributed by atoms with Crippen molar-refractivity contribution in [1.29, 1.82) is 0 Å². The first-order valence-corrected chi connectivity index (χ1v) is 4.92. The second-order valence-electron chi connectivity index (χ2n) is 3.35. The molecule has 0 saturated carbocycles. The number of carbonyl (C=O) groups is 1. The summed E-state index contributed by atoms with van der Waals surface area (Å²) in [5.41, 5.74) is -0.139. The Kier molecular flexibility index (Phi) is 2.99. The van der Waals surface area contributed by atoms with Gasteiger partial charge >= 0.3 is 0 Å². The van der Waals surface area contributed by atoms with E-state index in [1.807, 2.05) is 0 Å². The molecule has 0 atom stereocenters. The fourth-order valence-corrected chi connectivity index (χ4v) is 1.24. The summed E-state index contributed by atoms with van der Waals surface area (Å²) in [4.78, 5) is 28.9. The summed E-state index contributed by atoms with van der Waals surface area (Å²) in [6, 6.07) is 4.35. The molecule has 88 valence electrons. The van der Waals surface area contributed by atoms with E-state index in [4.69, 9.17) is 4.52 Å². The first-order chi connectivity index (χ1) is 8.15. The minimum absolute atomic E-state index is 0.122. The Hall–Kier alpha value is -2.44. The van der Waals surface area contributed by atoms with E-state index in [0.29, 0.717) is 11.7 Å². The molecule has 0 unspecified atom stereocenters. The first-order valence-electron chi connectivity index (χ1n) is 4.92. The second kappa shape index (κ2) is 4.60. The molecule has 0 radical (unpaired) electrons. The maximum atomic E-state index is 11.6. The van der Waals surface area contributed by atoms with Gasteiger partial charge in [-0.3, -0.25) is 9.59 Å². The third-order valence-corrected chi connectivity index (χ3v) is 1.98. The molecule has 0 spiro atoms. The van der Waals surface area contributed by atoms with Gasteiger partial charge in [0.1, 0.15) is 5.69 Å². The van der Waals surface area contributed by atoms with Crippen LogP contribution in [-0.2, 0) is 6.54 Å². The number of nitrogens with one attached hydrogen (secondary N) is 2. The van der Waals surface area contributed by atoms with Crippen LogP contribution in [0, 0.1) is 6.92 Å². The molecule has 2 rings (SSSR count). The third kappa shape index (κ3) is 2.77. The lowest BCUT2D eigenvalue weighted by atomic mass is 10.3. The van der Waals surface area contributed by atoms with Gasteiger partial charge in [0.15, 0.2) is 5.82 Å². The minimum Gasteiger partial charge on any atom is -0.342 e. The number of aromatic nitrogens is 3. The highest BCUT2D eigenvalue weighted by atomic mass is 16.5. The van der Waals surface area contributed by atoms with Crippen molar-refractivity contribution < 1.29 is 9.32 Å². The Morgan fingerprint density at radius 2 is 2.35 bits per heavy atom. The highest BCUT2D eigenvalue weighted by Gasteiger charge is 2.08. The molecular weight excluding hydrogens is 224 g/mol. The molecule has 17 heavy (non-hydrogen) atoms. The van der Waals surface area contributed by atoms with Crippen molar-refractivity contribution in [1.82, 2.24) is 20.4 Å². The van der Waals surface area contributed by atoms with Gasteiger partial charge in [-0.1, -0.05) is 11.2 Å². The molecule has 7 heteroatoms. The highest BCUT2D eigenvalue weighted by Crippen LogP contribution is 1.96. The Balaban J connectivity index is 2.00. The summed E-state index contributed by atoms with van der Waals surface area (Å²) in [5.74, 6) is 0.412. The topological polar surface area (TPSA) is 101 Å². The molecule has 2 heterocycles. The lowest BCUT2D eigenvalue weighted by molar-refractivity contribution is 0.0941. The van der Waals surface area contributed by atoms with Crippen LogP contribution < -0.4 is 10.9 Å². The summed E-state index contributed by atoms with van der Waals surface area (Å²) in [6.45, 7) is 1.81. The molecule has 0 fully saturated rings. The molecule has 0 aliphatic heterocycles. The van der Waals surface area contributed by atoms with Crippen LogP contribution in [-0.4, -0.2) is 21.0 Å². The monoisotopic (exact) mass is 234 g/mol. The molecule has 1 amide bonds. The number of aryl methyl sites for hydroxylation is 1. The third-order valence-electron chi connectivity index (χ3n) is 1.98. The lowest BCUT2D eigenvalue weighted by Gasteiger charge is -2.01. The van der Waals surface area contributed by atoms with E-state index >= 15 is 0 Å². The Morgan fingerprint density at radius 3 is 3.00 bits per heavy atom. The zero-order chi connectivity index (χ0) is 12.3. The fraction of sp³-hybridized carbons (Fsp3) is 0.200. The quantitative estimate of drug-likeness (QED) is 0.778. The van der Waals surface area contributed by atoms with E-state index < -0.39 is 5.91 Å². The van der Waals surface area contributed by atoms with Gasteiger partial charge in [-0.25, -0.2) is 0 Å². The molecule has 2 aromatic heterocycles. The largest absolute Gasteiger partial charge is 0.342 e. The SMILES string of the molecule is Cc1noc(CNC(=O)c2cccc(=O)[nH]2)n1. The summed E-state index contributed by atoms with van der Waals surface area (Å²) >= 11 is 0. The summed E-state index contributed by atoms with van der Waals surface area (Å²) in [5, 5.41) is 6.14. The summed E-state index contributed by atoms with van der Waals surface area (Å²) in [7, 11) is 0. The zero-order valence-corrected chi connectivity index (χ0v) is 9.06. The van der Waals surface area contributed by atoms with Crippen molar-refractivity contribution in [2.75, 3.05) is 0 Å². The average molecular weight is 234 g/mol. The highest BCUT2D eigenvalue weighted by molar-refractivity contribution is 5.91. The van der Waals surface area contributed by atoms with Crippen LogP contribution in [0.25, 0.3) is 0 Å². The molecular formula is C10H10N4O3. The van der Waals surface area contributed by atoms with E-state index in [1.54, 1.807) is 6.92 Å². The van der Waals surface area contributed by atoms with Crippen LogP contribution in [0.4, 0.5) is 0 Å². The molecule has 0 bridgehead atoms.